The number of carbonyl (C=O) groups is 1. The number of hydrogen-bond acceptors (Lipinski definition) is 6. The predicted molar refractivity (Wildman–Crippen MR) is 126 cm³/mol. The number of fused-ring (bicyclic) bond motifs is 1. The second-order valence-corrected chi connectivity index (χ2v) is 10.2. The number of ether oxygens (including phenoxy) is 2. The van der Waals surface area contributed by atoms with Crippen molar-refractivity contribution >= 4 is 44.2 Å². The number of amides is 1. The molecule has 3 aromatic rings. The summed E-state index contributed by atoms with van der Waals surface area (Å²) >= 11 is 1.42. The van der Waals surface area contributed by atoms with Crippen LogP contribution in [0.5, 0.6) is 5.75 Å². The molecule has 1 fully saturated rings. The van der Waals surface area contributed by atoms with E-state index in [1.807, 2.05) is 42.5 Å². The molecule has 0 spiro atoms. The van der Waals surface area contributed by atoms with Crippen molar-refractivity contribution in [3.05, 3.63) is 60.7 Å². The summed E-state index contributed by atoms with van der Waals surface area (Å²) in [6.07, 6.45) is 0. The lowest BCUT2D eigenvalue weighted by Gasteiger charge is -2.26. The minimum Gasteiger partial charge on any atom is -0.495 e. The molecule has 1 aliphatic rings. The first kappa shape index (κ1) is 22.6. The van der Waals surface area contributed by atoms with Gasteiger partial charge in [0.25, 0.3) is 0 Å². The Balaban J connectivity index is 1.47. The SMILES string of the molecule is COc1ccc(S(=O)(=O)N2CCOCC2)cc1NC(=O)CSc1ccc2ccccc2c1. The number of benzene rings is 3. The molecule has 3 aromatic carbocycles. The van der Waals surface area contributed by atoms with E-state index in [4.69, 9.17) is 9.47 Å². The standard InChI is InChI=1S/C23H24N2O5S2/c1-29-22-9-8-20(32(27,28)25-10-12-30-13-11-25)15-21(22)24-23(26)16-31-19-7-6-17-4-2-3-5-18(17)14-19/h2-9,14-15H,10-13,16H2,1H3,(H,24,26). The normalized spacial score (nSPS) is 14.9. The van der Waals surface area contributed by atoms with Crippen molar-refractivity contribution in [1.82, 2.24) is 4.31 Å². The van der Waals surface area contributed by atoms with Crippen molar-refractivity contribution in [2.75, 3.05) is 44.5 Å². The molecule has 1 heterocycles. The molecule has 0 bridgehead atoms. The average Bonchev–Trinajstić information content (AvgIpc) is 2.83. The highest BCUT2D eigenvalue weighted by atomic mass is 32.2. The zero-order chi connectivity index (χ0) is 22.6. The van der Waals surface area contributed by atoms with Crippen LogP contribution in [0.15, 0.2) is 70.5 Å². The van der Waals surface area contributed by atoms with Crippen molar-refractivity contribution in [3.63, 3.8) is 0 Å². The number of morpholine rings is 1. The molecule has 0 aromatic heterocycles. The van der Waals surface area contributed by atoms with Crippen LogP contribution in [0.2, 0.25) is 0 Å². The maximum absolute atomic E-state index is 13.0. The molecule has 1 aliphatic heterocycles. The van der Waals surface area contributed by atoms with Gasteiger partial charge in [-0.05, 0) is 41.1 Å². The number of hydrogen-bond donors (Lipinski definition) is 1. The molecule has 7 nitrogen and oxygen atoms in total. The Morgan fingerprint density at radius 3 is 2.56 bits per heavy atom. The highest BCUT2D eigenvalue weighted by Crippen LogP contribution is 2.30. The monoisotopic (exact) mass is 472 g/mol. The van der Waals surface area contributed by atoms with Crippen LogP contribution in [0.1, 0.15) is 0 Å². The molecule has 1 saturated heterocycles. The lowest BCUT2D eigenvalue weighted by Crippen LogP contribution is -2.40. The molecular formula is C23H24N2O5S2. The minimum absolute atomic E-state index is 0.109. The van der Waals surface area contributed by atoms with Crippen molar-refractivity contribution in [2.45, 2.75) is 9.79 Å². The maximum Gasteiger partial charge on any atom is 0.243 e. The van der Waals surface area contributed by atoms with E-state index in [2.05, 4.69) is 5.32 Å². The molecule has 168 valence electrons. The highest BCUT2D eigenvalue weighted by Gasteiger charge is 2.27. The number of methoxy groups -OCH3 is 1. The summed E-state index contributed by atoms with van der Waals surface area (Å²) in [5, 5.41) is 5.05. The zero-order valence-electron chi connectivity index (χ0n) is 17.6. The van der Waals surface area contributed by atoms with Crippen LogP contribution in [-0.2, 0) is 19.6 Å². The third-order valence-electron chi connectivity index (χ3n) is 5.14. The topological polar surface area (TPSA) is 84.9 Å². The fourth-order valence-electron chi connectivity index (χ4n) is 3.47. The van der Waals surface area contributed by atoms with Crippen molar-refractivity contribution in [2.24, 2.45) is 0 Å². The van der Waals surface area contributed by atoms with E-state index in [1.54, 1.807) is 6.07 Å². The molecule has 0 aliphatic carbocycles. The van der Waals surface area contributed by atoms with Gasteiger partial charge in [-0.15, -0.1) is 11.8 Å². The Morgan fingerprint density at radius 1 is 1.06 bits per heavy atom. The number of nitrogens with one attached hydrogen (secondary N) is 1. The summed E-state index contributed by atoms with van der Waals surface area (Å²) in [7, 11) is -2.20. The summed E-state index contributed by atoms with van der Waals surface area (Å²) in [6.45, 7) is 1.34. The molecule has 1 amide bonds. The van der Waals surface area contributed by atoms with Gasteiger partial charge < -0.3 is 14.8 Å². The highest BCUT2D eigenvalue weighted by molar-refractivity contribution is 8.00. The van der Waals surface area contributed by atoms with E-state index in [9.17, 15) is 13.2 Å². The second-order valence-electron chi connectivity index (χ2n) is 7.22. The van der Waals surface area contributed by atoms with Gasteiger partial charge in [-0.2, -0.15) is 4.31 Å². The van der Waals surface area contributed by atoms with Crippen LogP contribution < -0.4 is 10.1 Å². The number of rotatable bonds is 7. The van der Waals surface area contributed by atoms with Gasteiger partial charge in [0.15, 0.2) is 0 Å². The Bertz CT molecular complexity index is 1220. The first-order valence-corrected chi connectivity index (χ1v) is 12.6. The molecule has 1 N–H and O–H groups in total. The van der Waals surface area contributed by atoms with Crippen LogP contribution >= 0.6 is 11.8 Å². The lowest BCUT2D eigenvalue weighted by molar-refractivity contribution is -0.113. The Morgan fingerprint density at radius 2 is 1.81 bits per heavy atom. The summed E-state index contributed by atoms with van der Waals surface area (Å²) in [5.41, 5.74) is 0.325. The van der Waals surface area contributed by atoms with Crippen LogP contribution in [0.4, 0.5) is 5.69 Å². The summed E-state index contributed by atoms with van der Waals surface area (Å²) in [5.74, 6) is 0.333. The van der Waals surface area contributed by atoms with Crippen molar-refractivity contribution in [3.8, 4) is 5.75 Å². The van der Waals surface area contributed by atoms with Crippen LogP contribution in [-0.4, -0.2) is 57.8 Å². The number of sulfonamides is 1. The largest absolute Gasteiger partial charge is 0.495 e. The third kappa shape index (κ3) is 5.07. The van der Waals surface area contributed by atoms with Gasteiger partial charge in [-0.25, -0.2) is 8.42 Å². The quantitative estimate of drug-likeness (QED) is 0.529. The van der Waals surface area contributed by atoms with Gasteiger partial charge in [0.1, 0.15) is 5.75 Å². The Kier molecular flexibility index (Phi) is 7.00. The minimum atomic E-state index is -3.68. The van der Waals surface area contributed by atoms with E-state index in [-0.39, 0.29) is 16.6 Å². The lowest BCUT2D eigenvalue weighted by atomic mass is 10.1. The Hall–Kier alpha value is -2.59. The van der Waals surface area contributed by atoms with Crippen LogP contribution in [0.25, 0.3) is 10.8 Å². The van der Waals surface area contributed by atoms with E-state index in [1.165, 1.54) is 35.3 Å². The van der Waals surface area contributed by atoms with E-state index in [0.29, 0.717) is 37.7 Å². The molecule has 0 atom stereocenters. The molecule has 32 heavy (non-hydrogen) atoms. The van der Waals surface area contributed by atoms with Crippen molar-refractivity contribution < 1.29 is 22.7 Å². The Labute approximate surface area is 191 Å². The van der Waals surface area contributed by atoms with Gasteiger partial charge in [0, 0.05) is 18.0 Å². The van der Waals surface area contributed by atoms with E-state index >= 15 is 0 Å². The van der Waals surface area contributed by atoms with Crippen LogP contribution in [0.3, 0.4) is 0 Å². The smallest absolute Gasteiger partial charge is 0.243 e. The van der Waals surface area contributed by atoms with Crippen molar-refractivity contribution in [1.29, 1.82) is 0 Å². The van der Waals surface area contributed by atoms with Gasteiger partial charge in [0.2, 0.25) is 15.9 Å². The molecule has 0 radical (unpaired) electrons. The number of carbonyl (C=O) groups excluding carboxylic acids is 1. The molecule has 0 unspecified atom stereocenters. The molecule has 9 heteroatoms. The summed E-state index contributed by atoms with van der Waals surface area (Å²) in [6, 6.07) is 18.6. The van der Waals surface area contributed by atoms with Gasteiger partial charge in [0.05, 0.1) is 36.7 Å². The van der Waals surface area contributed by atoms with Gasteiger partial charge in [-0.3, -0.25) is 4.79 Å². The summed E-state index contributed by atoms with van der Waals surface area (Å²) in [4.78, 5) is 13.7. The first-order valence-electron chi connectivity index (χ1n) is 10.1. The third-order valence-corrected chi connectivity index (χ3v) is 8.03. The maximum atomic E-state index is 13.0. The fraction of sp³-hybridized carbons (Fsp3) is 0.261. The fourth-order valence-corrected chi connectivity index (χ4v) is 5.65. The van der Waals surface area contributed by atoms with Gasteiger partial charge >= 0.3 is 0 Å². The van der Waals surface area contributed by atoms with Crippen LogP contribution in [0, 0.1) is 0 Å². The van der Waals surface area contributed by atoms with Gasteiger partial charge in [-0.1, -0.05) is 30.3 Å². The molecule has 4 rings (SSSR count). The number of thioether (sulfide) groups is 1. The number of anilines is 1. The predicted octanol–water partition coefficient (Wildman–Crippen LogP) is 3.60. The average molecular weight is 473 g/mol. The number of nitrogens with zero attached hydrogens (tertiary/aromatic N) is 1. The second kappa shape index (κ2) is 9.91. The first-order chi connectivity index (χ1) is 15.5. The van der Waals surface area contributed by atoms with E-state index in [0.717, 1.165) is 15.7 Å². The summed E-state index contributed by atoms with van der Waals surface area (Å²) < 4.78 is 37.9. The molecule has 0 saturated carbocycles. The molecular weight excluding hydrogens is 448 g/mol. The van der Waals surface area contributed by atoms with E-state index < -0.39 is 10.0 Å². The zero-order valence-corrected chi connectivity index (χ0v) is 19.2.